The summed E-state index contributed by atoms with van der Waals surface area (Å²) in [5, 5.41) is 1.48. The second-order valence-corrected chi connectivity index (χ2v) is 5.76. The van der Waals surface area contributed by atoms with Gasteiger partial charge >= 0.3 is 15.6 Å². The molecule has 0 spiro atoms. The first-order valence-electron chi connectivity index (χ1n) is 5.65. The van der Waals surface area contributed by atoms with Crippen LogP contribution in [0.1, 0.15) is 0 Å². The summed E-state index contributed by atoms with van der Waals surface area (Å²) in [6.45, 7) is 0. The van der Waals surface area contributed by atoms with Gasteiger partial charge in [0.05, 0.1) is 5.52 Å². The summed E-state index contributed by atoms with van der Waals surface area (Å²) < 4.78 is 62.6. The van der Waals surface area contributed by atoms with Gasteiger partial charge in [-0.3, -0.25) is 0 Å². The minimum Gasteiger partial charge on any atom is -0.355 e. The van der Waals surface area contributed by atoms with E-state index < -0.39 is 21.5 Å². The average molecular weight is 316 g/mol. The van der Waals surface area contributed by atoms with Gasteiger partial charge in [0.1, 0.15) is 0 Å². The zero-order valence-electron chi connectivity index (χ0n) is 10.2. The van der Waals surface area contributed by atoms with Gasteiger partial charge in [-0.25, -0.2) is 4.98 Å². The lowest BCUT2D eigenvalue weighted by Crippen LogP contribution is -2.28. The highest BCUT2D eigenvalue weighted by Crippen LogP contribution is 2.29. The number of benzene rings is 1. The topological polar surface area (TPSA) is 72.1 Å². The third-order valence-corrected chi connectivity index (χ3v) is 3.80. The van der Waals surface area contributed by atoms with Gasteiger partial charge in [0.15, 0.2) is 0 Å². The fourth-order valence-corrected chi connectivity index (χ4v) is 2.34. The Balaban J connectivity index is 2.08. The molecule has 0 radical (unpaired) electrons. The molecule has 0 aliphatic carbocycles. The van der Waals surface area contributed by atoms with Gasteiger partial charge < -0.3 is 9.17 Å². The maximum atomic E-state index is 12.3. The molecule has 3 rings (SSSR count). The minimum absolute atomic E-state index is 0.429. The molecule has 0 aliphatic heterocycles. The van der Waals surface area contributed by atoms with E-state index in [2.05, 4.69) is 14.2 Å². The molecule has 5 nitrogen and oxygen atoms in total. The Bertz CT molecular complexity index is 932. The third kappa shape index (κ3) is 2.29. The first kappa shape index (κ1) is 13.7. The van der Waals surface area contributed by atoms with E-state index in [1.54, 1.807) is 18.2 Å². The van der Waals surface area contributed by atoms with Crippen molar-refractivity contribution in [1.82, 2.24) is 9.97 Å². The molecule has 0 fully saturated rings. The molecule has 9 heteroatoms. The summed E-state index contributed by atoms with van der Waals surface area (Å²) in [5.41, 5.74) is -4.31. The van der Waals surface area contributed by atoms with Crippen LogP contribution >= 0.6 is 0 Å². The Labute approximate surface area is 116 Å². The molecular formula is C12H7F3N2O3S. The molecular weight excluding hydrogens is 309 g/mol. The van der Waals surface area contributed by atoms with Crippen molar-refractivity contribution in [2.75, 3.05) is 0 Å². The highest BCUT2D eigenvalue weighted by molar-refractivity contribution is 7.87. The number of hydrogen-bond acceptors (Lipinski definition) is 4. The second-order valence-electron chi connectivity index (χ2n) is 4.22. The molecule has 0 bridgehead atoms. The molecule has 0 atom stereocenters. The Hall–Kier alpha value is -2.29. The molecule has 1 aromatic carbocycles. The van der Waals surface area contributed by atoms with Crippen molar-refractivity contribution in [2.24, 2.45) is 0 Å². The van der Waals surface area contributed by atoms with Crippen LogP contribution in [0.5, 0.6) is 5.88 Å². The third-order valence-electron chi connectivity index (χ3n) is 2.84. The first-order valence-corrected chi connectivity index (χ1v) is 7.06. The molecule has 0 amide bonds. The SMILES string of the molecule is O=S(=O)(Oc1cc2[nH]c3ccccc3c2cn1)C(F)(F)F. The summed E-state index contributed by atoms with van der Waals surface area (Å²) in [6.07, 6.45) is 1.26. The molecule has 3 aromatic rings. The predicted octanol–water partition coefficient (Wildman–Crippen LogP) is 2.94. The van der Waals surface area contributed by atoms with Crippen molar-refractivity contribution >= 4 is 31.9 Å². The fraction of sp³-hybridized carbons (Fsp3) is 0.0833. The lowest BCUT2D eigenvalue weighted by atomic mass is 10.2. The van der Waals surface area contributed by atoms with Crippen LogP contribution in [0.25, 0.3) is 21.8 Å². The Morgan fingerprint density at radius 1 is 1.10 bits per heavy atom. The quantitative estimate of drug-likeness (QED) is 0.583. The normalized spacial score (nSPS) is 12.9. The van der Waals surface area contributed by atoms with Crippen molar-refractivity contribution in [3.63, 3.8) is 0 Å². The zero-order valence-corrected chi connectivity index (χ0v) is 11.0. The van der Waals surface area contributed by atoms with Crippen molar-refractivity contribution in [1.29, 1.82) is 0 Å². The summed E-state index contributed by atoms with van der Waals surface area (Å²) >= 11 is 0. The maximum Gasteiger partial charge on any atom is 0.534 e. The Kier molecular flexibility index (Phi) is 2.84. The van der Waals surface area contributed by atoms with Gasteiger partial charge in [-0.15, -0.1) is 0 Å². The van der Waals surface area contributed by atoms with E-state index in [0.717, 1.165) is 17.0 Å². The van der Waals surface area contributed by atoms with Crippen LogP contribution in [0.3, 0.4) is 0 Å². The van der Waals surface area contributed by atoms with Crippen LogP contribution < -0.4 is 4.18 Å². The zero-order chi connectivity index (χ0) is 15.3. The van der Waals surface area contributed by atoms with Gasteiger partial charge in [-0.05, 0) is 6.07 Å². The van der Waals surface area contributed by atoms with Crippen LogP contribution in [0.15, 0.2) is 36.5 Å². The summed E-state index contributed by atoms with van der Waals surface area (Å²) in [4.78, 5) is 6.55. The van der Waals surface area contributed by atoms with Crippen LogP contribution in [0, 0.1) is 0 Å². The second kappa shape index (κ2) is 4.35. The largest absolute Gasteiger partial charge is 0.534 e. The monoisotopic (exact) mass is 316 g/mol. The Morgan fingerprint density at radius 3 is 2.52 bits per heavy atom. The van der Waals surface area contributed by atoms with Crippen LogP contribution in [0.2, 0.25) is 0 Å². The number of aromatic nitrogens is 2. The standard InChI is InChI=1S/C12H7F3N2O3S/c13-12(14,15)21(18,19)20-11-5-10-8(6-16-11)7-3-1-2-4-9(7)17-10/h1-6,17H. The van der Waals surface area contributed by atoms with E-state index >= 15 is 0 Å². The molecule has 0 aliphatic rings. The molecule has 1 N–H and O–H groups in total. The average Bonchev–Trinajstić information content (AvgIpc) is 2.74. The number of hydrogen-bond donors (Lipinski definition) is 1. The molecule has 110 valence electrons. The molecule has 2 heterocycles. The lowest BCUT2D eigenvalue weighted by Gasteiger charge is -2.08. The number of fused-ring (bicyclic) bond motifs is 3. The van der Waals surface area contributed by atoms with E-state index in [1.165, 1.54) is 6.20 Å². The fourth-order valence-electron chi connectivity index (χ4n) is 1.93. The number of para-hydroxylation sites is 1. The number of nitrogens with one attached hydrogen (secondary N) is 1. The Morgan fingerprint density at radius 2 is 1.81 bits per heavy atom. The van der Waals surface area contributed by atoms with Gasteiger partial charge in [-0.2, -0.15) is 21.6 Å². The molecule has 2 aromatic heterocycles. The molecule has 0 saturated carbocycles. The predicted molar refractivity (Wildman–Crippen MR) is 69.2 cm³/mol. The highest BCUT2D eigenvalue weighted by Gasteiger charge is 2.48. The van der Waals surface area contributed by atoms with Crippen molar-refractivity contribution in [3.05, 3.63) is 36.5 Å². The van der Waals surface area contributed by atoms with E-state index in [9.17, 15) is 21.6 Å². The molecule has 21 heavy (non-hydrogen) atoms. The minimum atomic E-state index is -5.73. The van der Waals surface area contributed by atoms with Gasteiger partial charge in [0.25, 0.3) is 0 Å². The van der Waals surface area contributed by atoms with E-state index in [4.69, 9.17) is 0 Å². The van der Waals surface area contributed by atoms with E-state index in [-0.39, 0.29) is 0 Å². The smallest absolute Gasteiger partial charge is 0.355 e. The van der Waals surface area contributed by atoms with E-state index in [1.807, 2.05) is 6.07 Å². The number of pyridine rings is 1. The number of H-pyrrole nitrogens is 1. The first-order chi connectivity index (χ1) is 9.78. The maximum absolute atomic E-state index is 12.3. The number of alkyl halides is 3. The van der Waals surface area contributed by atoms with Crippen LogP contribution in [-0.4, -0.2) is 23.9 Å². The van der Waals surface area contributed by atoms with Gasteiger partial charge in [0.2, 0.25) is 5.88 Å². The summed E-state index contributed by atoms with van der Waals surface area (Å²) in [6, 6.07) is 8.29. The van der Waals surface area contributed by atoms with Crippen molar-refractivity contribution < 1.29 is 25.8 Å². The summed E-state index contributed by atoms with van der Waals surface area (Å²) in [5.74, 6) is -0.647. The highest BCUT2D eigenvalue weighted by atomic mass is 32.2. The van der Waals surface area contributed by atoms with E-state index in [0.29, 0.717) is 10.9 Å². The molecule has 0 saturated heterocycles. The van der Waals surface area contributed by atoms with Gasteiger partial charge in [-0.1, -0.05) is 18.2 Å². The van der Waals surface area contributed by atoms with Gasteiger partial charge in [0, 0.05) is 28.6 Å². The van der Waals surface area contributed by atoms with Crippen molar-refractivity contribution in [3.8, 4) is 5.88 Å². The molecule has 0 unspecified atom stereocenters. The number of rotatable bonds is 2. The number of nitrogens with zero attached hydrogens (tertiary/aromatic N) is 1. The van der Waals surface area contributed by atoms with Crippen LogP contribution in [-0.2, 0) is 10.1 Å². The number of aromatic amines is 1. The summed E-state index contributed by atoms with van der Waals surface area (Å²) in [7, 11) is -5.73. The number of halogens is 3. The lowest BCUT2D eigenvalue weighted by molar-refractivity contribution is -0.0501. The van der Waals surface area contributed by atoms with Crippen LogP contribution in [0.4, 0.5) is 13.2 Å². The van der Waals surface area contributed by atoms with Crippen molar-refractivity contribution in [2.45, 2.75) is 5.51 Å².